The minimum atomic E-state index is -1.11. The summed E-state index contributed by atoms with van der Waals surface area (Å²) in [6, 6.07) is -0.487. The van der Waals surface area contributed by atoms with Crippen LogP contribution in [0.2, 0.25) is 0 Å². The van der Waals surface area contributed by atoms with Crippen molar-refractivity contribution >= 4 is 17.8 Å². The Kier molecular flexibility index (Phi) is 4.59. The standard InChI is InChI=1S/C13H20N2O5/c16-11(14-6-12(17)18)7-15-9-4-2-1-3-8(9)5-10(15)13(19)20/h8-10H,1-7H2,(H,14,16)(H,17,18)(H,19,20). The van der Waals surface area contributed by atoms with Gasteiger partial charge in [0.25, 0.3) is 0 Å². The number of carboxylic acid groups (broad SMARTS) is 2. The maximum Gasteiger partial charge on any atom is 0.322 e. The summed E-state index contributed by atoms with van der Waals surface area (Å²) in [5.41, 5.74) is 0. The van der Waals surface area contributed by atoms with Gasteiger partial charge in [-0.15, -0.1) is 0 Å². The summed E-state index contributed by atoms with van der Waals surface area (Å²) >= 11 is 0. The molecule has 1 aliphatic heterocycles. The van der Waals surface area contributed by atoms with Crippen LogP contribution in [0.5, 0.6) is 0 Å². The number of hydrogen-bond donors (Lipinski definition) is 3. The summed E-state index contributed by atoms with van der Waals surface area (Å²) < 4.78 is 0. The highest BCUT2D eigenvalue weighted by atomic mass is 16.4. The monoisotopic (exact) mass is 284 g/mol. The highest BCUT2D eigenvalue weighted by molar-refractivity contribution is 5.83. The molecule has 3 atom stereocenters. The smallest absolute Gasteiger partial charge is 0.322 e. The van der Waals surface area contributed by atoms with Crippen LogP contribution in [0.1, 0.15) is 32.1 Å². The van der Waals surface area contributed by atoms with Crippen LogP contribution in [-0.4, -0.2) is 58.1 Å². The van der Waals surface area contributed by atoms with E-state index in [2.05, 4.69) is 5.32 Å². The summed E-state index contributed by atoms with van der Waals surface area (Å²) in [5, 5.41) is 20.1. The van der Waals surface area contributed by atoms with Gasteiger partial charge < -0.3 is 15.5 Å². The molecule has 0 radical (unpaired) electrons. The zero-order valence-electron chi connectivity index (χ0n) is 11.2. The molecule has 0 bridgehead atoms. The largest absolute Gasteiger partial charge is 0.480 e. The van der Waals surface area contributed by atoms with Gasteiger partial charge >= 0.3 is 11.9 Å². The van der Waals surface area contributed by atoms with E-state index < -0.39 is 30.4 Å². The van der Waals surface area contributed by atoms with Crippen molar-refractivity contribution in [1.29, 1.82) is 0 Å². The van der Waals surface area contributed by atoms with Crippen molar-refractivity contribution in [2.24, 2.45) is 5.92 Å². The van der Waals surface area contributed by atoms with Crippen molar-refractivity contribution < 1.29 is 24.6 Å². The summed E-state index contributed by atoms with van der Waals surface area (Å²) in [6.45, 7) is -0.468. The maximum absolute atomic E-state index is 11.7. The van der Waals surface area contributed by atoms with Gasteiger partial charge in [-0.25, -0.2) is 0 Å². The minimum Gasteiger partial charge on any atom is -0.480 e. The molecule has 3 N–H and O–H groups in total. The molecule has 112 valence electrons. The highest BCUT2D eigenvalue weighted by Gasteiger charge is 2.45. The number of carbonyl (C=O) groups is 3. The average molecular weight is 284 g/mol. The van der Waals surface area contributed by atoms with Crippen LogP contribution in [0.3, 0.4) is 0 Å². The fourth-order valence-corrected chi connectivity index (χ4v) is 3.42. The van der Waals surface area contributed by atoms with Crippen molar-refractivity contribution in [2.45, 2.75) is 44.2 Å². The van der Waals surface area contributed by atoms with E-state index >= 15 is 0 Å². The lowest BCUT2D eigenvalue weighted by Crippen LogP contribution is -2.48. The van der Waals surface area contributed by atoms with Gasteiger partial charge in [-0.1, -0.05) is 12.8 Å². The van der Waals surface area contributed by atoms with Crippen LogP contribution in [0.4, 0.5) is 0 Å². The Bertz CT molecular complexity index is 412. The van der Waals surface area contributed by atoms with Gasteiger partial charge in [-0.2, -0.15) is 0 Å². The van der Waals surface area contributed by atoms with Crippen LogP contribution in [0, 0.1) is 5.92 Å². The predicted octanol–water partition coefficient (Wildman–Crippen LogP) is -0.0951. The Morgan fingerprint density at radius 1 is 1.15 bits per heavy atom. The van der Waals surface area contributed by atoms with Gasteiger partial charge in [0, 0.05) is 6.04 Å². The third kappa shape index (κ3) is 3.27. The van der Waals surface area contributed by atoms with E-state index in [-0.39, 0.29) is 12.6 Å². The zero-order valence-corrected chi connectivity index (χ0v) is 11.2. The molecule has 3 unspecified atom stereocenters. The number of nitrogens with zero attached hydrogens (tertiary/aromatic N) is 1. The van der Waals surface area contributed by atoms with E-state index in [9.17, 15) is 19.5 Å². The SMILES string of the molecule is O=C(O)CNC(=O)CN1C(C(=O)O)CC2CCCCC21. The van der Waals surface area contributed by atoms with E-state index in [0.717, 1.165) is 25.7 Å². The number of rotatable bonds is 5. The Balaban J connectivity index is 1.99. The molecule has 0 spiro atoms. The third-order valence-electron chi connectivity index (χ3n) is 4.27. The normalized spacial score (nSPS) is 29.7. The number of likely N-dealkylation sites (tertiary alicyclic amines) is 1. The number of aliphatic carboxylic acids is 2. The summed E-state index contributed by atoms with van der Waals surface area (Å²) in [5.74, 6) is -2.09. The molecule has 1 saturated heterocycles. The number of carboxylic acids is 2. The van der Waals surface area contributed by atoms with Crippen molar-refractivity contribution in [1.82, 2.24) is 10.2 Å². The van der Waals surface area contributed by atoms with Crippen LogP contribution in [-0.2, 0) is 14.4 Å². The lowest BCUT2D eigenvalue weighted by molar-refractivity contribution is -0.144. The molecular formula is C13H20N2O5. The number of nitrogens with one attached hydrogen (secondary N) is 1. The molecule has 1 saturated carbocycles. The van der Waals surface area contributed by atoms with Crippen molar-refractivity contribution in [2.75, 3.05) is 13.1 Å². The van der Waals surface area contributed by atoms with Gasteiger partial charge in [0.2, 0.25) is 5.91 Å². The van der Waals surface area contributed by atoms with Crippen LogP contribution in [0.15, 0.2) is 0 Å². The summed E-state index contributed by atoms with van der Waals surface area (Å²) in [7, 11) is 0. The number of amides is 1. The van der Waals surface area contributed by atoms with Gasteiger partial charge in [0.05, 0.1) is 6.54 Å². The van der Waals surface area contributed by atoms with Gasteiger partial charge in [-0.3, -0.25) is 19.3 Å². The van der Waals surface area contributed by atoms with E-state index in [1.165, 1.54) is 0 Å². The quantitative estimate of drug-likeness (QED) is 0.651. The summed E-state index contributed by atoms with van der Waals surface area (Å²) in [6.07, 6.45) is 4.70. The first-order valence-electron chi connectivity index (χ1n) is 6.96. The average Bonchev–Trinajstić information content (AvgIpc) is 2.76. The van der Waals surface area contributed by atoms with Crippen LogP contribution < -0.4 is 5.32 Å². The van der Waals surface area contributed by atoms with Gasteiger partial charge in [-0.05, 0) is 25.2 Å². The highest BCUT2D eigenvalue weighted by Crippen LogP contribution is 2.39. The predicted molar refractivity (Wildman–Crippen MR) is 69.1 cm³/mol. The fraction of sp³-hybridized carbons (Fsp3) is 0.769. The van der Waals surface area contributed by atoms with E-state index in [4.69, 9.17) is 5.11 Å². The second-order valence-corrected chi connectivity index (χ2v) is 5.54. The van der Waals surface area contributed by atoms with Crippen molar-refractivity contribution in [3.05, 3.63) is 0 Å². The Hall–Kier alpha value is -1.63. The second-order valence-electron chi connectivity index (χ2n) is 5.54. The lowest BCUT2D eigenvalue weighted by Gasteiger charge is -2.32. The molecular weight excluding hydrogens is 264 g/mol. The molecule has 0 aromatic rings. The van der Waals surface area contributed by atoms with E-state index in [0.29, 0.717) is 12.3 Å². The van der Waals surface area contributed by atoms with Gasteiger partial charge in [0.15, 0.2) is 0 Å². The molecule has 2 aliphatic rings. The summed E-state index contributed by atoms with van der Waals surface area (Å²) in [4.78, 5) is 35.2. The van der Waals surface area contributed by atoms with Crippen LogP contribution >= 0.6 is 0 Å². The molecule has 0 aromatic heterocycles. The molecule has 20 heavy (non-hydrogen) atoms. The first-order chi connectivity index (χ1) is 9.49. The molecule has 7 heteroatoms. The van der Waals surface area contributed by atoms with E-state index in [1.54, 1.807) is 4.90 Å². The Labute approximate surface area is 116 Å². The lowest BCUT2D eigenvalue weighted by atomic mass is 9.85. The molecule has 1 aliphatic carbocycles. The van der Waals surface area contributed by atoms with Crippen LogP contribution in [0.25, 0.3) is 0 Å². The maximum atomic E-state index is 11.7. The van der Waals surface area contributed by atoms with E-state index in [1.807, 2.05) is 0 Å². The Morgan fingerprint density at radius 2 is 1.85 bits per heavy atom. The molecule has 2 fully saturated rings. The van der Waals surface area contributed by atoms with Crippen molar-refractivity contribution in [3.8, 4) is 0 Å². The minimum absolute atomic E-state index is 0.0363. The Morgan fingerprint density at radius 3 is 2.50 bits per heavy atom. The fourth-order valence-electron chi connectivity index (χ4n) is 3.42. The number of carbonyl (C=O) groups excluding carboxylic acids is 1. The second kappa shape index (κ2) is 6.21. The number of hydrogen-bond acceptors (Lipinski definition) is 4. The topological polar surface area (TPSA) is 107 Å². The molecule has 2 rings (SSSR count). The van der Waals surface area contributed by atoms with Gasteiger partial charge in [0.1, 0.15) is 12.6 Å². The first kappa shape index (κ1) is 14.8. The zero-order chi connectivity index (χ0) is 14.7. The van der Waals surface area contributed by atoms with Crippen molar-refractivity contribution in [3.63, 3.8) is 0 Å². The molecule has 1 amide bonds. The first-order valence-corrected chi connectivity index (χ1v) is 6.96. The number of fused-ring (bicyclic) bond motifs is 1. The molecule has 7 nitrogen and oxygen atoms in total. The third-order valence-corrected chi connectivity index (χ3v) is 4.27. The molecule has 1 heterocycles. The molecule has 0 aromatic carbocycles.